The quantitative estimate of drug-likeness (QED) is 0.642. The molecule has 7 nitrogen and oxygen atoms in total. The number of amides is 1. The summed E-state index contributed by atoms with van der Waals surface area (Å²) >= 11 is 0. The van der Waals surface area contributed by atoms with Crippen LogP contribution in [0, 0.1) is 5.92 Å². The van der Waals surface area contributed by atoms with Crippen LogP contribution in [0.2, 0.25) is 0 Å². The van der Waals surface area contributed by atoms with Crippen LogP contribution in [-0.2, 0) is 19.6 Å². The molecule has 172 valence electrons. The molecule has 2 saturated carbocycles. The standard InChI is InChI=1S/C23H34N2O5S/c1-17-9-6-7-14-21(17)24-22(26)16-30-23(27)18-10-8-13-20(15-18)31(28,29)25(2)19-11-4-3-5-12-19/h8,10,13,15,17,19,21H,3-7,9,11-12,14,16H2,1-2H3,(H,24,26)/t17-,21-/m1/s1. The predicted octanol–water partition coefficient (Wildman–Crippen LogP) is 3.49. The zero-order valence-electron chi connectivity index (χ0n) is 18.5. The minimum atomic E-state index is -3.70. The molecule has 2 atom stereocenters. The molecule has 3 rings (SSSR count). The number of ether oxygens (including phenoxy) is 1. The second-order valence-electron chi connectivity index (χ2n) is 8.85. The van der Waals surface area contributed by atoms with Gasteiger partial charge in [-0.2, -0.15) is 4.31 Å². The zero-order chi connectivity index (χ0) is 22.4. The normalized spacial score (nSPS) is 22.8. The first-order valence-electron chi connectivity index (χ1n) is 11.3. The molecule has 0 radical (unpaired) electrons. The van der Waals surface area contributed by atoms with Crippen molar-refractivity contribution in [2.75, 3.05) is 13.7 Å². The van der Waals surface area contributed by atoms with Crippen LogP contribution < -0.4 is 5.32 Å². The van der Waals surface area contributed by atoms with Crippen molar-refractivity contribution in [3.05, 3.63) is 29.8 Å². The summed E-state index contributed by atoms with van der Waals surface area (Å²) in [5.74, 6) is -0.617. The molecule has 0 saturated heterocycles. The number of rotatable bonds is 7. The molecule has 0 aromatic heterocycles. The van der Waals surface area contributed by atoms with Crippen LogP contribution in [0.5, 0.6) is 0 Å². The first-order valence-corrected chi connectivity index (χ1v) is 12.8. The van der Waals surface area contributed by atoms with Gasteiger partial charge in [-0.1, -0.05) is 45.1 Å². The number of hydrogen-bond donors (Lipinski definition) is 1. The maximum absolute atomic E-state index is 13.0. The van der Waals surface area contributed by atoms with E-state index in [0.717, 1.165) is 51.4 Å². The van der Waals surface area contributed by atoms with E-state index in [4.69, 9.17) is 4.74 Å². The van der Waals surface area contributed by atoms with Gasteiger partial charge in [-0.3, -0.25) is 4.79 Å². The summed E-state index contributed by atoms with van der Waals surface area (Å²) < 4.78 is 32.6. The van der Waals surface area contributed by atoms with Crippen molar-refractivity contribution in [3.8, 4) is 0 Å². The lowest BCUT2D eigenvalue weighted by Gasteiger charge is -2.30. The van der Waals surface area contributed by atoms with Crippen LogP contribution >= 0.6 is 0 Å². The van der Waals surface area contributed by atoms with E-state index in [1.807, 2.05) is 0 Å². The molecular formula is C23H34N2O5S. The van der Waals surface area contributed by atoms with Crippen LogP contribution in [0.4, 0.5) is 0 Å². The molecule has 2 aliphatic rings. The fourth-order valence-electron chi connectivity index (χ4n) is 4.58. The Hall–Kier alpha value is -1.93. The zero-order valence-corrected chi connectivity index (χ0v) is 19.3. The largest absolute Gasteiger partial charge is 0.452 e. The van der Waals surface area contributed by atoms with E-state index < -0.39 is 16.0 Å². The first-order chi connectivity index (χ1) is 14.8. The Morgan fingerprint density at radius 2 is 1.74 bits per heavy atom. The van der Waals surface area contributed by atoms with E-state index in [0.29, 0.717) is 5.92 Å². The fourth-order valence-corrected chi connectivity index (χ4v) is 6.05. The second-order valence-corrected chi connectivity index (χ2v) is 10.9. The smallest absolute Gasteiger partial charge is 0.338 e. The molecule has 0 aliphatic heterocycles. The van der Waals surface area contributed by atoms with Crippen molar-refractivity contribution >= 4 is 21.9 Å². The van der Waals surface area contributed by atoms with Crippen molar-refractivity contribution in [2.45, 2.75) is 81.7 Å². The van der Waals surface area contributed by atoms with Gasteiger partial charge >= 0.3 is 5.97 Å². The number of esters is 1. The SMILES string of the molecule is C[C@@H]1CCCC[C@H]1NC(=O)COC(=O)c1cccc(S(=O)(=O)N(C)C2CCCCC2)c1. The average molecular weight is 451 g/mol. The van der Waals surface area contributed by atoms with Crippen LogP contribution in [0.25, 0.3) is 0 Å². The van der Waals surface area contributed by atoms with Gasteiger partial charge < -0.3 is 10.1 Å². The van der Waals surface area contributed by atoms with E-state index in [-0.39, 0.29) is 35.1 Å². The van der Waals surface area contributed by atoms with E-state index >= 15 is 0 Å². The summed E-state index contributed by atoms with van der Waals surface area (Å²) in [5, 5.41) is 2.94. The molecule has 2 aliphatic carbocycles. The third kappa shape index (κ3) is 6.07. The minimum Gasteiger partial charge on any atom is -0.452 e. The molecule has 1 N–H and O–H groups in total. The maximum atomic E-state index is 13.0. The minimum absolute atomic E-state index is 0.0137. The molecule has 1 aromatic carbocycles. The number of nitrogens with one attached hydrogen (secondary N) is 1. The van der Waals surface area contributed by atoms with Crippen molar-refractivity contribution in [1.29, 1.82) is 0 Å². The lowest BCUT2D eigenvalue weighted by molar-refractivity contribution is -0.125. The van der Waals surface area contributed by atoms with Crippen LogP contribution in [-0.4, -0.2) is 50.3 Å². The highest BCUT2D eigenvalue weighted by atomic mass is 32.2. The lowest BCUT2D eigenvalue weighted by Crippen LogP contribution is -2.42. The molecule has 0 spiro atoms. The van der Waals surface area contributed by atoms with Gasteiger partial charge in [0.2, 0.25) is 10.0 Å². The van der Waals surface area contributed by atoms with Crippen LogP contribution in [0.3, 0.4) is 0 Å². The number of benzene rings is 1. The molecular weight excluding hydrogens is 416 g/mol. The molecule has 0 unspecified atom stereocenters. The van der Waals surface area contributed by atoms with Crippen LogP contribution in [0.1, 0.15) is 75.1 Å². The summed E-state index contributed by atoms with van der Waals surface area (Å²) in [6.07, 6.45) is 9.19. The third-order valence-corrected chi connectivity index (χ3v) is 8.53. The number of nitrogens with zero attached hydrogens (tertiary/aromatic N) is 1. The van der Waals surface area contributed by atoms with E-state index in [1.165, 1.54) is 35.0 Å². The number of hydrogen-bond acceptors (Lipinski definition) is 5. The van der Waals surface area contributed by atoms with Gasteiger partial charge in [0, 0.05) is 19.1 Å². The predicted molar refractivity (Wildman–Crippen MR) is 118 cm³/mol. The van der Waals surface area contributed by atoms with Gasteiger partial charge in [0.05, 0.1) is 10.5 Å². The van der Waals surface area contributed by atoms with E-state index in [9.17, 15) is 18.0 Å². The molecule has 1 amide bonds. The van der Waals surface area contributed by atoms with E-state index in [1.54, 1.807) is 7.05 Å². The maximum Gasteiger partial charge on any atom is 0.338 e. The lowest BCUT2D eigenvalue weighted by atomic mass is 9.86. The van der Waals surface area contributed by atoms with Gasteiger partial charge in [0.1, 0.15) is 0 Å². The number of sulfonamides is 1. The number of carbonyl (C=O) groups is 2. The summed E-state index contributed by atoms with van der Waals surface area (Å²) in [6, 6.07) is 5.95. The summed E-state index contributed by atoms with van der Waals surface area (Å²) in [7, 11) is -2.10. The van der Waals surface area contributed by atoms with Crippen molar-refractivity contribution < 1.29 is 22.7 Å². The molecule has 1 aromatic rings. The van der Waals surface area contributed by atoms with Gasteiger partial charge in [0.25, 0.3) is 5.91 Å². The highest BCUT2D eigenvalue weighted by Crippen LogP contribution is 2.27. The highest BCUT2D eigenvalue weighted by Gasteiger charge is 2.29. The highest BCUT2D eigenvalue weighted by molar-refractivity contribution is 7.89. The molecule has 2 fully saturated rings. The Bertz CT molecular complexity index is 880. The first kappa shape index (κ1) is 23.7. The Morgan fingerprint density at radius 3 is 2.45 bits per heavy atom. The summed E-state index contributed by atoms with van der Waals surface area (Å²) in [5.41, 5.74) is 0.122. The van der Waals surface area contributed by atoms with Gasteiger partial charge in [-0.25, -0.2) is 13.2 Å². The summed E-state index contributed by atoms with van der Waals surface area (Å²) in [6.45, 7) is 1.74. The van der Waals surface area contributed by atoms with E-state index in [2.05, 4.69) is 12.2 Å². The fraction of sp³-hybridized carbons (Fsp3) is 0.652. The van der Waals surface area contributed by atoms with Crippen molar-refractivity contribution in [2.24, 2.45) is 5.92 Å². The second kappa shape index (κ2) is 10.6. The monoisotopic (exact) mass is 450 g/mol. The van der Waals surface area contributed by atoms with Crippen LogP contribution in [0.15, 0.2) is 29.2 Å². The molecule has 31 heavy (non-hydrogen) atoms. The Morgan fingerprint density at radius 1 is 1.06 bits per heavy atom. The Balaban J connectivity index is 1.59. The van der Waals surface area contributed by atoms with Crippen molar-refractivity contribution in [1.82, 2.24) is 9.62 Å². The van der Waals surface area contributed by atoms with Crippen molar-refractivity contribution in [3.63, 3.8) is 0 Å². The summed E-state index contributed by atoms with van der Waals surface area (Å²) in [4.78, 5) is 24.7. The number of carbonyl (C=O) groups excluding carboxylic acids is 2. The Kier molecular flexibility index (Phi) is 8.11. The topological polar surface area (TPSA) is 92.8 Å². The average Bonchev–Trinajstić information content (AvgIpc) is 2.79. The molecule has 8 heteroatoms. The Labute approximate surface area is 185 Å². The van der Waals surface area contributed by atoms with Gasteiger partial charge in [0.15, 0.2) is 6.61 Å². The molecule has 0 heterocycles. The molecule has 0 bridgehead atoms. The van der Waals surface area contributed by atoms with Gasteiger partial charge in [-0.05, 0) is 49.8 Å². The van der Waals surface area contributed by atoms with Gasteiger partial charge in [-0.15, -0.1) is 0 Å². The third-order valence-electron chi connectivity index (χ3n) is 6.63.